The molecule has 2 aromatic rings. The Labute approximate surface area is 118 Å². The van der Waals surface area contributed by atoms with Crippen molar-refractivity contribution >= 4 is 34.2 Å². The number of carbonyl (C=O) groups excluding carboxylic acids is 1. The molecule has 0 bridgehead atoms. The topological polar surface area (TPSA) is 104 Å². The molecule has 7 nitrogen and oxygen atoms in total. The van der Waals surface area contributed by atoms with Crippen molar-refractivity contribution in [1.29, 1.82) is 0 Å². The lowest BCUT2D eigenvalue weighted by Crippen LogP contribution is -2.21. The summed E-state index contributed by atoms with van der Waals surface area (Å²) < 4.78 is 3.61. The van der Waals surface area contributed by atoms with E-state index in [1.807, 2.05) is 0 Å². The highest BCUT2D eigenvalue weighted by molar-refractivity contribution is 7.10. The van der Waals surface area contributed by atoms with Crippen molar-refractivity contribution in [3.8, 4) is 0 Å². The van der Waals surface area contributed by atoms with Gasteiger partial charge < -0.3 is 10.4 Å². The number of aromatic carboxylic acids is 1. The first kappa shape index (κ1) is 13.9. The van der Waals surface area contributed by atoms with Gasteiger partial charge in [-0.05, 0) is 31.0 Å². The van der Waals surface area contributed by atoms with E-state index in [2.05, 4.69) is 20.2 Å². The van der Waals surface area contributed by atoms with Crippen LogP contribution < -0.4 is 10.6 Å². The average molecular weight is 292 g/mol. The van der Waals surface area contributed by atoms with Gasteiger partial charge in [0.15, 0.2) is 0 Å². The lowest BCUT2D eigenvalue weighted by molar-refractivity contribution is 0.0698. The molecule has 8 heteroatoms. The van der Waals surface area contributed by atoms with Gasteiger partial charge in [-0.3, -0.25) is 5.32 Å². The van der Waals surface area contributed by atoms with Crippen LogP contribution in [0.3, 0.4) is 0 Å². The summed E-state index contributed by atoms with van der Waals surface area (Å²) in [5, 5.41) is 18.3. The summed E-state index contributed by atoms with van der Waals surface area (Å²) in [4.78, 5) is 23.1. The Morgan fingerprint density at radius 3 is 2.60 bits per heavy atom. The van der Waals surface area contributed by atoms with Crippen molar-refractivity contribution in [2.75, 3.05) is 10.6 Å². The first-order valence-electron chi connectivity index (χ1n) is 5.67. The first-order valence-corrected chi connectivity index (χ1v) is 6.44. The Balaban J connectivity index is 2.24. The highest BCUT2D eigenvalue weighted by Crippen LogP contribution is 2.23. The van der Waals surface area contributed by atoms with E-state index >= 15 is 0 Å². The molecule has 0 radical (unpaired) electrons. The number of nitrogens with zero attached hydrogens (tertiary/aromatic N) is 2. The van der Waals surface area contributed by atoms with Crippen LogP contribution in [0.2, 0.25) is 0 Å². The van der Waals surface area contributed by atoms with Crippen LogP contribution in [0, 0.1) is 13.8 Å². The number of aryl methyl sites for hydroxylation is 2. The predicted octanol–water partition coefficient (Wildman–Crippen LogP) is 2.50. The van der Waals surface area contributed by atoms with E-state index < -0.39 is 12.0 Å². The van der Waals surface area contributed by atoms with Crippen LogP contribution in [-0.4, -0.2) is 26.7 Å². The smallest absolute Gasteiger partial charge is 0.337 e. The summed E-state index contributed by atoms with van der Waals surface area (Å²) >= 11 is 1.03. The zero-order chi connectivity index (χ0) is 14.7. The van der Waals surface area contributed by atoms with Crippen molar-refractivity contribution in [2.24, 2.45) is 0 Å². The molecule has 0 saturated carbocycles. The Kier molecular flexibility index (Phi) is 3.94. The van der Waals surface area contributed by atoms with Crippen LogP contribution in [-0.2, 0) is 0 Å². The molecule has 0 fully saturated rings. The minimum Gasteiger partial charge on any atom is -0.478 e. The molecule has 2 rings (SSSR count). The highest BCUT2D eigenvalue weighted by Gasteiger charge is 2.16. The van der Waals surface area contributed by atoms with Gasteiger partial charge in [-0.15, -0.1) is 5.10 Å². The normalized spacial score (nSPS) is 10.1. The molecule has 2 amide bonds. The molecule has 1 aromatic heterocycles. The molecule has 0 spiro atoms. The van der Waals surface area contributed by atoms with Crippen LogP contribution in [0.15, 0.2) is 18.3 Å². The number of carboxylic acid groups (broad SMARTS) is 1. The molecule has 0 aliphatic heterocycles. The third-order valence-electron chi connectivity index (χ3n) is 2.55. The molecule has 0 atom stereocenters. The van der Waals surface area contributed by atoms with E-state index in [1.54, 1.807) is 19.9 Å². The summed E-state index contributed by atoms with van der Waals surface area (Å²) in [6.07, 6.45) is 1.41. The van der Waals surface area contributed by atoms with Gasteiger partial charge in [0, 0.05) is 11.5 Å². The average Bonchev–Trinajstić information content (AvgIpc) is 2.84. The summed E-state index contributed by atoms with van der Waals surface area (Å²) in [5.41, 5.74) is 1.83. The number of hydrogen-bond donors (Lipinski definition) is 3. The van der Waals surface area contributed by atoms with Crippen molar-refractivity contribution < 1.29 is 14.7 Å². The van der Waals surface area contributed by atoms with Crippen molar-refractivity contribution in [1.82, 2.24) is 9.59 Å². The number of rotatable bonds is 3. The molecule has 1 aromatic carbocycles. The summed E-state index contributed by atoms with van der Waals surface area (Å²) in [5.74, 6) is -1.09. The van der Waals surface area contributed by atoms with Gasteiger partial charge in [-0.2, -0.15) is 0 Å². The van der Waals surface area contributed by atoms with E-state index in [9.17, 15) is 14.7 Å². The second kappa shape index (κ2) is 5.66. The maximum absolute atomic E-state index is 11.8. The standard InChI is InChI=1S/C12H12N4O3S/c1-6-3-7(2)10(8(4-6)11(17)18)15-12(19)14-9-5-13-16-20-9/h3-5H,1-2H3,(H,17,18)(H2,14,15,19). The number of carbonyl (C=O) groups is 2. The van der Waals surface area contributed by atoms with Crippen LogP contribution in [0.1, 0.15) is 21.5 Å². The molecule has 20 heavy (non-hydrogen) atoms. The molecule has 0 saturated heterocycles. The number of aromatic nitrogens is 2. The van der Waals surface area contributed by atoms with Crippen LogP contribution in [0.4, 0.5) is 15.5 Å². The summed E-state index contributed by atoms with van der Waals surface area (Å²) in [7, 11) is 0. The van der Waals surface area contributed by atoms with E-state index in [-0.39, 0.29) is 11.3 Å². The molecule has 104 valence electrons. The van der Waals surface area contributed by atoms with E-state index in [4.69, 9.17) is 0 Å². The second-order valence-corrected chi connectivity index (χ2v) is 4.96. The van der Waals surface area contributed by atoms with E-state index in [1.165, 1.54) is 12.3 Å². The third-order valence-corrected chi connectivity index (χ3v) is 3.13. The van der Waals surface area contributed by atoms with Crippen molar-refractivity contribution in [2.45, 2.75) is 13.8 Å². The fourth-order valence-electron chi connectivity index (χ4n) is 1.78. The van der Waals surface area contributed by atoms with Crippen LogP contribution in [0.5, 0.6) is 0 Å². The zero-order valence-corrected chi connectivity index (χ0v) is 11.6. The summed E-state index contributed by atoms with van der Waals surface area (Å²) in [6, 6.07) is 2.78. The lowest BCUT2D eigenvalue weighted by atomic mass is 10.0. The summed E-state index contributed by atoms with van der Waals surface area (Å²) in [6.45, 7) is 3.54. The highest BCUT2D eigenvalue weighted by atomic mass is 32.1. The molecular weight excluding hydrogens is 280 g/mol. The predicted molar refractivity (Wildman–Crippen MR) is 75.4 cm³/mol. The fourth-order valence-corrected chi connectivity index (χ4v) is 2.20. The Morgan fingerprint density at radius 2 is 2.00 bits per heavy atom. The number of benzene rings is 1. The van der Waals surface area contributed by atoms with Gasteiger partial charge in [0.05, 0.1) is 17.4 Å². The Hall–Kier alpha value is -2.48. The largest absolute Gasteiger partial charge is 0.478 e. The maximum Gasteiger partial charge on any atom is 0.337 e. The Morgan fingerprint density at radius 1 is 1.25 bits per heavy atom. The minimum absolute atomic E-state index is 0.0556. The van der Waals surface area contributed by atoms with Gasteiger partial charge >= 0.3 is 12.0 Å². The fraction of sp³-hybridized carbons (Fsp3) is 0.167. The SMILES string of the molecule is Cc1cc(C)c(NC(=O)Nc2cnns2)c(C(=O)O)c1. The molecule has 0 aliphatic carbocycles. The molecule has 0 unspecified atom stereocenters. The maximum atomic E-state index is 11.8. The minimum atomic E-state index is -1.09. The monoisotopic (exact) mass is 292 g/mol. The van der Waals surface area contributed by atoms with E-state index in [0.717, 1.165) is 17.1 Å². The van der Waals surface area contributed by atoms with Gasteiger partial charge in [0.25, 0.3) is 0 Å². The quantitative estimate of drug-likeness (QED) is 0.806. The lowest BCUT2D eigenvalue weighted by Gasteiger charge is -2.12. The molecule has 0 aliphatic rings. The molecule has 3 N–H and O–H groups in total. The zero-order valence-electron chi connectivity index (χ0n) is 10.8. The van der Waals surface area contributed by atoms with E-state index in [0.29, 0.717) is 10.6 Å². The number of anilines is 2. The van der Waals surface area contributed by atoms with Crippen molar-refractivity contribution in [3.63, 3.8) is 0 Å². The number of urea groups is 1. The second-order valence-electron chi connectivity index (χ2n) is 4.17. The van der Waals surface area contributed by atoms with Crippen LogP contribution in [0.25, 0.3) is 0 Å². The molecular formula is C12H12N4O3S. The third kappa shape index (κ3) is 3.09. The number of amides is 2. The Bertz CT molecular complexity index is 655. The van der Waals surface area contributed by atoms with Crippen molar-refractivity contribution in [3.05, 3.63) is 35.0 Å². The molecule has 1 heterocycles. The number of hydrogen-bond acceptors (Lipinski definition) is 5. The first-order chi connectivity index (χ1) is 9.47. The van der Waals surface area contributed by atoms with Gasteiger partial charge in [-0.1, -0.05) is 10.6 Å². The number of carboxylic acids is 1. The van der Waals surface area contributed by atoms with Crippen LogP contribution >= 0.6 is 11.5 Å². The van der Waals surface area contributed by atoms with Gasteiger partial charge in [-0.25, -0.2) is 9.59 Å². The number of nitrogens with one attached hydrogen (secondary N) is 2. The van der Waals surface area contributed by atoms with Gasteiger partial charge in [0.2, 0.25) is 0 Å². The van der Waals surface area contributed by atoms with Gasteiger partial charge in [0.1, 0.15) is 5.00 Å².